The Labute approximate surface area is 142 Å². The summed E-state index contributed by atoms with van der Waals surface area (Å²) in [7, 11) is 0. The Balaban J connectivity index is 2.52. The normalized spacial score (nSPS) is 12.1. The number of aliphatic hydroxyl groups excluding tert-OH is 1. The summed E-state index contributed by atoms with van der Waals surface area (Å²) in [6.45, 7) is 4.77. The van der Waals surface area contributed by atoms with Crippen LogP contribution >= 0.6 is 0 Å². The van der Waals surface area contributed by atoms with E-state index in [0.29, 0.717) is 23.1 Å². The van der Waals surface area contributed by atoms with Crippen molar-refractivity contribution < 1.29 is 14.3 Å². The Hall–Kier alpha value is -3.10. The van der Waals surface area contributed by atoms with Crippen LogP contribution in [-0.2, 0) is 6.42 Å². The van der Waals surface area contributed by atoms with Crippen molar-refractivity contribution >= 4 is 16.8 Å². The smallest absolute Gasteiger partial charge is 0.337 e. The molecular weight excluding hydrogens is 328 g/mol. The van der Waals surface area contributed by atoms with Gasteiger partial charge in [0, 0.05) is 17.4 Å². The molecule has 0 aromatic carbocycles. The molecule has 0 saturated heterocycles. The molecule has 0 fully saturated rings. The SMILES string of the molecule is CCC(=N)/C(COc1nc2oc(=O)cc(CC)c2c(=O)n1N)=C(/C)O. The molecule has 0 aliphatic carbocycles. The number of fused-ring (bicyclic) bond motifs is 1. The van der Waals surface area contributed by atoms with Gasteiger partial charge in [-0.3, -0.25) is 4.79 Å². The second-order valence-corrected chi connectivity index (χ2v) is 5.38. The number of nitrogens with zero attached hydrogens (tertiary/aromatic N) is 2. The molecule has 0 aliphatic heterocycles. The third-order valence-corrected chi connectivity index (χ3v) is 3.74. The molecule has 25 heavy (non-hydrogen) atoms. The highest BCUT2D eigenvalue weighted by molar-refractivity contribution is 5.98. The summed E-state index contributed by atoms with van der Waals surface area (Å²) < 4.78 is 11.1. The number of rotatable bonds is 6. The minimum Gasteiger partial charge on any atom is -0.512 e. The first-order valence-electron chi connectivity index (χ1n) is 7.74. The predicted octanol–water partition coefficient (Wildman–Crippen LogP) is 1.27. The van der Waals surface area contributed by atoms with Gasteiger partial charge in [0.2, 0.25) is 5.71 Å². The van der Waals surface area contributed by atoms with Crippen molar-refractivity contribution in [1.29, 1.82) is 5.41 Å². The van der Waals surface area contributed by atoms with E-state index >= 15 is 0 Å². The van der Waals surface area contributed by atoms with Crippen molar-refractivity contribution in [2.75, 3.05) is 12.4 Å². The van der Waals surface area contributed by atoms with Gasteiger partial charge in [-0.25, -0.2) is 4.79 Å². The van der Waals surface area contributed by atoms with Gasteiger partial charge in [0.15, 0.2) is 0 Å². The van der Waals surface area contributed by atoms with Crippen molar-refractivity contribution in [2.24, 2.45) is 0 Å². The molecular formula is C16H20N4O5. The monoisotopic (exact) mass is 348 g/mol. The molecule has 0 spiro atoms. The molecule has 2 aromatic rings. The van der Waals surface area contributed by atoms with Gasteiger partial charge in [0.1, 0.15) is 12.0 Å². The van der Waals surface area contributed by atoms with Gasteiger partial charge in [-0.05, 0) is 25.3 Å². The Kier molecular flexibility index (Phi) is 5.26. The molecule has 0 aliphatic rings. The second kappa shape index (κ2) is 7.20. The zero-order valence-electron chi connectivity index (χ0n) is 14.3. The van der Waals surface area contributed by atoms with Gasteiger partial charge in [0.05, 0.1) is 5.76 Å². The van der Waals surface area contributed by atoms with Crippen molar-refractivity contribution in [3.63, 3.8) is 0 Å². The molecule has 4 N–H and O–H groups in total. The minimum absolute atomic E-state index is 0.0710. The quantitative estimate of drug-likeness (QED) is 0.405. The zero-order chi connectivity index (χ0) is 18.7. The summed E-state index contributed by atoms with van der Waals surface area (Å²) in [5.74, 6) is 5.67. The zero-order valence-corrected chi connectivity index (χ0v) is 14.3. The molecule has 2 heterocycles. The number of aliphatic hydroxyl groups is 1. The molecule has 134 valence electrons. The molecule has 0 radical (unpaired) electrons. The first-order chi connectivity index (χ1) is 11.8. The fraction of sp³-hybridized carbons (Fsp3) is 0.375. The lowest BCUT2D eigenvalue weighted by Gasteiger charge is -2.13. The molecule has 0 bridgehead atoms. The van der Waals surface area contributed by atoms with E-state index in [1.165, 1.54) is 13.0 Å². The van der Waals surface area contributed by atoms with Crippen LogP contribution in [0.4, 0.5) is 0 Å². The maximum Gasteiger partial charge on any atom is 0.337 e. The summed E-state index contributed by atoms with van der Waals surface area (Å²) >= 11 is 0. The van der Waals surface area contributed by atoms with E-state index in [1.54, 1.807) is 13.8 Å². The third-order valence-electron chi connectivity index (χ3n) is 3.74. The van der Waals surface area contributed by atoms with Crippen LogP contribution in [0.15, 0.2) is 31.4 Å². The minimum atomic E-state index is -0.628. The van der Waals surface area contributed by atoms with E-state index in [2.05, 4.69) is 4.98 Å². The van der Waals surface area contributed by atoms with Gasteiger partial charge >= 0.3 is 11.6 Å². The topological polar surface area (TPSA) is 144 Å². The van der Waals surface area contributed by atoms with Crippen molar-refractivity contribution in [2.45, 2.75) is 33.6 Å². The van der Waals surface area contributed by atoms with Gasteiger partial charge < -0.3 is 25.5 Å². The number of nitrogen functional groups attached to an aromatic ring is 1. The van der Waals surface area contributed by atoms with Crippen LogP contribution < -0.4 is 21.8 Å². The van der Waals surface area contributed by atoms with E-state index in [1.807, 2.05) is 0 Å². The Morgan fingerprint density at radius 1 is 1.44 bits per heavy atom. The fourth-order valence-electron chi connectivity index (χ4n) is 2.32. The summed E-state index contributed by atoms with van der Waals surface area (Å²) in [5.41, 5.74) is -0.474. The van der Waals surface area contributed by atoms with Gasteiger partial charge in [-0.1, -0.05) is 13.8 Å². The second-order valence-electron chi connectivity index (χ2n) is 5.38. The lowest BCUT2D eigenvalue weighted by molar-refractivity contribution is 0.303. The Morgan fingerprint density at radius 3 is 2.68 bits per heavy atom. The van der Waals surface area contributed by atoms with E-state index in [0.717, 1.165) is 0 Å². The Bertz CT molecular complexity index is 967. The summed E-state index contributed by atoms with van der Waals surface area (Å²) in [6.07, 6.45) is 0.829. The van der Waals surface area contributed by atoms with Crippen LogP contribution in [0.5, 0.6) is 6.01 Å². The predicted molar refractivity (Wildman–Crippen MR) is 92.9 cm³/mol. The Morgan fingerprint density at radius 2 is 2.12 bits per heavy atom. The largest absolute Gasteiger partial charge is 0.512 e. The van der Waals surface area contributed by atoms with Gasteiger partial charge in [0.25, 0.3) is 5.56 Å². The highest BCUT2D eigenvalue weighted by Gasteiger charge is 2.17. The first-order valence-corrected chi connectivity index (χ1v) is 7.74. The lowest BCUT2D eigenvalue weighted by atomic mass is 10.1. The molecule has 0 unspecified atom stereocenters. The average Bonchev–Trinajstić information content (AvgIpc) is 2.57. The van der Waals surface area contributed by atoms with Crippen molar-refractivity contribution in [1.82, 2.24) is 9.66 Å². The average molecular weight is 348 g/mol. The van der Waals surface area contributed by atoms with E-state index in [9.17, 15) is 14.7 Å². The van der Waals surface area contributed by atoms with Crippen molar-refractivity contribution in [3.05, 3.63) is 43.7 Å². The first kappa shape index (κ1) is 18.2. The van der Waals surface area contributed by atoms with Crippen LogP contribution in [0, 0.1) is 5.41 Å². The molecule has 9 nitrogen and oxygen atoms in total. The van der Waals surface area contributed by atoms with Crippen molar-refractivity contribution in [3.8, 4) is 6.01 Å². The van der Waals surface area contributed by atoms with Crippen LogP contribution in [0.1, 0.15) is 32.8 Å². The highest BCUT2D eigenvalue weighted by Crippen LogP contribution is 2.15. The summed E-state index contributed by atoms with van der Waals surface area (Å²) in [4.78, 5) is 28.1. The van der Waals surface area contributed by atoms with E-state index in [4.69, 9.17) is 20.4 Å². The number of aromatic nitrogens is 2. The summed E-state index contributed by atoms with van der Waals surface area (Å²) in [5, 5.41) is 17.6. The number of hydrogen-bond donors (Lipinski definition) is 3. The lowest BCUT2D eigenvalue weighted by Crippen LogP contribution is -2.31. The number of nitrogens with one attached hydrogen (secondary N) is 1. The highest BCUT2D eigenvalue weighted by atomic mass is 16.5. The number of allylic oxidation sites excluding steroid dienone is 1. The van der Waals surface area contributed by atoms with Gasteiger partial charge in [-0.2, -0.15) is 9.66 Å². The van der Waals surface area contributed by atoms with E-state index in [-0.39, 0.29) is 40.8 Å². The molecule has 0 amide bonds. The van der Waals surface area contributed by atoms with Gasteiger partial charge in [-0.15, -0.1) is 0 Å². The molecule has 0 saturated carbocycles. The molecule has 0 atom stereocenters. The van der Waals surface area contributed by atoms with E-state index < -0.39 is 11.2 Å². The standard InChI is InChI=1S/C16H20N4O5/c1-4-9-6-12(22)25-14-13(9)15(23)20(18)16(19-14)24-7-10(8(3)21)11(17)5-2/h6,17,21H,4-5,7,18H2,1-3H3/b10-8-,17-11?. The third kappa shape index (κ3) is 3.54. The fourth-order valence-corrected chi connectivity index (χ4v) is 2.32. The number of nitrogens with two attached hydrogens (primary N) is 1. The molecule has 2 aromatic heterocycles. The number of ether oxygens (including phenoxy) is 1. The number of aryl methyl sites for hydroxylation is 1. The molecule has 2 rings (SSSR count). The van der Waals surface area contributed by atoms with Crippen LogP contribution in [0.2, 0.25) is 0 Å². The van der Waals surface area contributed by atoms with Crippen LogP contribution in [-0.4, -0.2) is 27.1 Å². The van der Waals surface area contributed by atoms with Crippen LogP contribution in [0.25, 0.3) is 11.1 Å². The summed E-state index contributed by atoms with van der Waals surface area (Å²) in [6, 6.07) is 0.946. The maximum absolute atomic E-state index is 12.5. The molecule has 9 heteroatoms. The number of hydrogen-bond acceptors (Lipinski definition) is 8. The maximum atomic E-state index is 12.5. The van der Waals surface area contributed by atoms with Crippen LogP contribution in [0.3, 0.4) is 0 Å².